The summed E-state index contributed by atoms with van der Waals surface area (Å²) >= 11 is 0. The lowest BCUT2D eigenvalue weighted by Gasteiger charge is -2.18. The fourth-order valence-electron chi connectivity index (χ4n) is 2.22. The van der Waals surface area contributed by atoms with Gasteiger partial charge in [0.1, 0.15) is 11.5 Å². The number of benzene rings is 2. The topological polar surface area (TPSA) is 70.6 Å². The van der Waals surface area contributed by atoms with Crippen LogP contribution in [0.2, 0.25) is 0 Å². The number of hydrogen-bond acceptors (Lipinski definition) is 4. The molecule has 2 rings (SSSR count). The molecule has 2 aromatic carbocycles. The Hall–Kier alpha value is -2.69. The van der Waals surface area contributed by atoms with Crippen molar-refractivity contribution in [2.24, 2.45) is 0 Å². The van der Waals surface area contributed by atoms with Crippen molar-refractivity contribution in [3.63, 3.8) is 0 Å². The first-order chi connectivity index (χ1) is 10.5. The lowest BCUT2D eigenvalue weighted by molar-refractivity contribution is -0.114. The maximum Gasteiger partial charge on any atom is 0.221 e. The molecule has 0 aliphatic carbocycles. The van der Waals surface area contributed by atoms with Crippen molar-refractivity contribution >= 4 is 17.3 Å². The number of rotatable bonds is 5. The molecular weight excluding hydrogens is 280 g/mol. The Balaban J connectivity index is 2.18. The fraction of sp³-hybridized carbons (Fsp3) is 0.235. The summed E-state index contributed by atoms with van der Waals surface area (Å²) in [5, 5.41) is 16.0. The van der Waals surface area contributed by atoms with Gasteiger partial charge in [0.25, 0.3) is 0 Å². The van der Waals surface area contributed by atoms with Gasteiger partial charge in [-0.1, -0.05) is 6.07 Å². The molecule has 2 aromatic rings. The van der Waals surface area contributed by atoms with E-state index in [2.05, 4.69) is 10.6 Å². The molecule has 0 aliphatic heterocycles. The normalized spacial score (nSPS) is 11.6. The van der Waals surface area contributed by atoms with Crippen LogP contribution in [0.25, 0.3) is 0 Å². The molecule has 3 N–H and O–H groups in total. The number of carbonyl (C=O) groups excluding carboxylic acids is 1. The maximum atomic E-state index is 11.1. The van der Waals surface area contributed by atoms with Crippen LogP contribution < -0.4 is 15.4 Å². The first-order valence-electron chi connectivity index (χ1n) is 7.00. The largest absolute Gasteiger partial charge is 0.508 e. The average molecular weight is 300 g/mol. The van der Waals surface area contributed by atoms with E-state index in [0.717, 1.165) is 16.9 Å². The van der Waals surface area contributed by atoms with Crippen LogP contribution in [0.3, 0.4) is 0 Å². The third-order valence-electron chi connectivity index (χ3n) is 3.27. The Bertz CT molecular complexity index is 671. The molecule has 0 aromatic heterocycles. The molecule has 0 saturated heterocycles. The van der Waals surface area contributed by atoms with Gasteiger partial charge in [-0.2, -0.15) is 0 Å². The highest BCUT2D eigenvalue weighted by Gasteiger charge is 2.12. The SMILES string of the molecule is COc1ccc(O)c(C(C)Nc2cccc(NC(C)=O)c2)c1. The van der Waals surface area contributed by atoms with Crippen LogP contribution in [0.5, 0.6) is 11.5 Å². The zero-order valence-corrected chi connectivity index (χ0v) is 12.9. The van der Waals surface area contributed by atoms with Gasteiger partial charge in [0, 0.05) is 23.9 Å². The molecule has 0 spiro atoms. The molecule has 1 atom stereocenters. The minimum Gasteiger partial charge on any atom is -0.508 e. The highest BCUT2D eigenvalue weighted by atomic mass is 16.5. The number of nitrogens with one attached hydrogen (secondary N) is 2. The van der Waals surface area contributed by atoms with Crippen LogP contribution in [-0.2, 0) is 4.79 Å². The number of ether oxygens (including phenoxy) is 1. The molecule has 1 unspecified atom stereocenters. The van der Waals surface area contributed by atoms with Crippen LogP contribution in [-0.4, -0.2) is 18.1 Å². The van der Waals surface area contributed by atoms with Crippen LogP contribution in [0.4, 0.5) is 11.4 Å². The van der Waals surface area contributed by atoms with Crippen LogP contribution in [0, 0.1) is 0 Å². The third-order valence-corrected chi connectivity index (χ3v) is 3.27. The Morgan fingerprint density at radius 3 is 2.59 bits per heavy atom. The molecule has 5 nitrogen and oxygen atoms in total. The molecule has 1 amide bonds. The standard InChI is InChI=1S/C17H20N2O3/c1-11(16-10-15(22-3)7-8-17(16)21)18-13-5-4-6-14(9-13)19-12(2)20/h4-11,18,21H,1-3H3,(H,19,20). The molecule has 0 radical (unpaired) electrons. The molecule has 0 heterocycles. The monoisotopic (exact) mass is 300 g/mol. The van der Waals surface area contributed by atoms with Gasteiger partial charge in [-0.15, -0.1) is 0 Å². The quantitative estimate of drug-likeness (QED) is 0.790. The van der Waals surface area contributed by atoms with Crippen molar-refractivity contribution < 1.29 is 14.6 Å². The number of phenolic OH excluding ortho intramolecular Hbond substituents is 1. The highest BCUT2D eigenvalue weighted by molar-refractivity contribution is 5.89. The van der Waals surface area contributed by atoms with Crippen molar-refractivity contribution in [2.75, 3.05) is 17.7 Å². The van der Waals surface area contributed by atoms with Crippen molar-refractivity contribution in [1.29, 1.82) is 0 Å². The van der Waals surface area contributed by atoms with Crippen molar-refractivity contribution in [1.82, 2.24) is 0 Å². The summed E-state index contributed by atoms with van der Waals surface area (Å²) in [7, 11) is 1.59. The van der Waals surface area contributed by atoms with Gasteiger partial charge in [-0.25, -0.2) is 0 Å². The van der Waals surface area contributed by atoms with Crippen LogP contribution in [0.15, 0.2) is 42.5 Å². The third kappa shape index (κ3) is 3.91. The number of hydrogen-bond donors (Lipinski definition) is 3. The minimum atomic E-state index is -0.123. The van der Waals surface area contributed by atoms with Gasteiger partial charge in [0.15, 0.2) is 0 Å². The summed E-state index contributed by atoms with van der Waals surface area (Å²) in [4.78, 5) is 11.1. The van der Waals surface area contributed by atoms with E-state index in [1.165, 1.54) is 6.92 Å². The van der Waals surface area contributed by atoms with Crippen molar-refractivity contribution in [2.45, 2.75) is 19.9 Å². The van der Waals surface area contributed by atoms with Gasteiger partial charge >= 0.3 is 0 Å². The predicted octanol–water partition coefficient (Wildman–Crippen LogP) is 3.53. The number of phenols is 1. The molecule has 22 heavy (non-hydrogen) atoms. The van der Waals surface area contributed by atoms with Gasteiger partial charge in [-0.05, 0) is 43.3 Å². The molecule has 116 valence electrons. The Morgan fingerprint density at radius 2 is 1.91 bits per heavy atom. The number of methoxy groups -OCH3 is 1. The summed E-state index contributed by atoms with van der Waals surface area (Å²) < 4.78 is 5.19. The lowest BCUT2D eigenvalue weighted by atomic mass is 10.1. The Morgan fingerprint density at radius 1 is 1.18 bits per heavy atom. The zero-order valence-electron chi connectivity index (χ0n) is 12.9. The summed E-state index contributed by atoms with van der Waals surface area (Å²) in [6, 6.07) is 12.4. The second-order valence-electron chi connectivity index (χ2n) is 5.05. The smallest absolute Gasteiger partial charge is 0.221 e. The van der Waals surface area contributed by atoms with E-state index in [1.807, 2.05) is 31.2 Å². The van der Waals surface area contributed by atoms with Crippen LogP contribution >= 0.6 is 0 Å². The van der Waals surface area contributed by atoms with E-state index in [-0.39, 0.29) is 17.7 Å². The van der Waals surface area contributed by atoms with Gasteiger partial charge in [-0.3, -0.25) is 4.79 Å². The fourth-order valence-corrected chi connectivity index (χ4v) is 2.22. The summed E-state index contributed by atoms with van der Waals surface area (Å²) in [5.41, 5.74) is 2.31. The number of aromatic hydroxyl groups is 1. The van der Waals surface area contributed by atoms with E-state index >= 15 is 0 Å². The lowest BCUT2D eigenvalue weighted by Crippen LogP contribution is -2.09. The highest BCUT2D eigenvalue weighted by Crippen LogP contribution is 2.30. The molecule has 0 aliphatic rings. The minimum absolute atomic E-state index is 0.115. The summed E-state index contributed by atoms with van der Waals surface area (Å²) in [6.45, 7) is 3.41. The van der Waals surface area contributed by atoms with Crippen molar-refractivity contribution in [3.8, 4) is 11.5 Å². The second kappa shape index (κ2) is 6.85. The van der Waals surface area contributed by atoms with Crippen LogP contribution in [0.1, 0.15) is 25.5 Å². The van der Waals surface area contributed by atoms with E-state index in [4.69, 9.17) is 4.74 Å². The Labute approximate surface area is 129 Å². The molecular formula is C17H20N2O3. The van der Waals surface area contributed by atoms with E-state index in [1.54, 1.807) is 25.3 Å². The second-order valence-corrected chi connectivity index (χ2v) is 5.05. The number of amides is 1. The average Bonchev–Trinajstić information content (AvgIpc) is 2.47. The number of carbonyl (C=O) groups is 1. The molecule has 0 saturated carbocycles. The molecule has 5 heteroatoms. The van der Waals surface area contributed by atoms with Gasteiger partial charge in [0.2, 0.25) is 5.91 Å². The molecule has 0 bridgehead atoms. The zero-order chi connectivity index (χ0) is 16.1. The van der Waals surface area contributed by atoms with E-state index < -0.39 is 0 Å². The first kappa shape index (κ1) is 15.7. The van der Waals surface area contributed by atoms with E-state index in [9.17, 15) is 9.90 Å². The summed E-state index contributed by atoms with van der Waals surface area (Å²) in [6.07, 6.45) is 0. The molecule has 0 fully saturated rings. The maximum absolute atomic E-state index is 11.1. The first-order valence-corrected chi connectivity index (χ1v) is 7.00. The number of anilines is 2. The van der Waals surface area contributed by atoms with Crippen molar-refractivity contribution in [3.05, 3.63) is 48.0 Å². The van der Waals surface area contributed by atoms with Gasteiger partial charge in [0.05, 0.1) is 13.2 Å². The Kier molecular flexibility index (Phi) is 4.88. The van der Waals surface area contributed by atoms with Gasteiger partial charge < -0.3 is 20.5 Å². The van der Waals surface area contributed by atoms with E-state index in [0.29, 0.717) is 5.75 Å². The predicted molar refractivity (Wildman–Crippen MR) is 87.4 cm³/mol. The summed E-state index contributed by atoms with van der Waals surface area (Å²) in [5.74, 6) is 0.780.